The second-order valence-corrected chi connectivity index (χ2v) is 5.47. The Kier molecular flexibility index (Phi) is 4.31. The van der Waals surface area contributed by atoms with Gasteiger partial charge in [0, 0.05) is 9.77 Å². The van der Waals surface area contributed by atoms with Crippen molar-refractivity contribution in [2.24, 2.45) is 5.73 Å². The number of halogens is 2. The van der Waals surface area contributed by atoms with Crippen molar-refractivity contribution < 1.29 is 0 Å². The van der Waals surface area contributed by atoms with E-state index in [0.29, 0.717) is 16.7 Å². The zero-order valence-electron chi connectivity index (χ0n) is 9.02. The second kappa shape index (κ2) is 5.77. The van der Waals surface area contributed by atoms with Crippen LogP contribution in [0.1, 0.15) is 5.69 Å². The summed E-state index contributed by atoms with van der Waals surface area (Å²) in [4.78, 5) is 8.50. The van der Waals surface area contributed by atoms with Gasteiger partial charge in [0.15, 0.2) is 0 Å². The summed E-state index contributed by atoms with van der Waals surface area (Å²) >= 11 is 13.2. The lowest BCUT2D eigenvalue weighted by Crippen LogP contribution is -2.12. The summed E-state index contributed by atoms with van der Waals surface area (Å²) in [6, 6.07) is 7.30. The molecular weight excluding hydrogens is 383 g/mol. The molecule has 2 rings (SSSR count). The normalized spacial score (nSPS) is 10.1. The van der Waals surface area contributed by atoms with Crippen LogP contribution in [0.2, 0.25) is 5.02 Å². The Balaban J connectivity index is 2.28. The Morgan fingerprint density at radius 2 is 2.17 bits per heavy atom. The van der Waals surface area contributed by atoms with E-state index < -0.39 is 0 Å². The Morgan fingerprint density at radius 3 is 2.83 bits per heavy atom. The van der Waals surface area contributed by atoms with Gasteiger partial charge in [-0.15, -0.1) is 0 Å². The van der Waals surface area contributed by atoms with Crippen LogP contribution in [-0.4, -0.2) is 15.0 Å². The average Bonchev–Trinajstić information content (AvgIpc) is 2.33. The van der Waals surface area contributed by atoms with E-state index in [1.165, 1.54) is 0 Å². The molecule has 7 heteroatoms. The van der Waals surface area contributed by atoms with Crippen LogP contribution >= 0.6 is 46.4 Å². The minimum atomic E-state index is 0.231. The number of benzene rings is 1. The van der Waals surface area contributed by atoms with Crippen LogP contribution in [-0.2, 0) is 0 Å². The summed E-state index contributed by atoms with van der Waals surface area (Å²) in [5.41, 5.74) is 6.76. The molecule has 0 unspecified atom stereocenters. The topological polar surface area (TPSA) is 63.8 Å². The third kappa shape index (κ3) is 3.27. The lowest BCUT2D eigenvalue weighted by Gasteiger charge is -2.07. The smallest absolute Gasteiger partial charge is 0.227 e. The molecular formula is C11H8ClIN4S. The molecule has 0 aliphatic rings. The average molecular weight is 391 g/mol. The lowest BCUT2D eigenvalue weighted by atomic mass is 10.3. The first-order valence-electron chi connectivity index (χ1n) is 4.91. The van der Waals surface area contributed by atoms with Gasteiger partial charge in [-0.05, 0) is 46.9 Å². The lowest BCUT2D eigenvalue weighted by molar-refractivity contribution is 1.15. The van der Waals surface area contributed by atoms with E-state index in [1.54, 1.807) is 12.3 Å². The maximum absolute atomic E-state index is 6.11. The molecule has 0 saturated carbocycles. The Labute approximate surface area is 128 Å². The highest BCUT2D eigenvalue weighted by Gasteiger charge is 2.05. The van der Waals surface area contributed by atoms with E-state index in [0.717, 1.165) is 9.26 Å². The molecule has 0 amide bonds. The van der Waals surface area contributed by atoms with Crippen LogP contribution in [0.4, 0.5) is 11.6 Å². The van der Waals surface area contributed by atoms with Gasteiger partial charge in [0.2, 0.25) is 5.95 Å². The SMILES string of the molecule is NC(=S)c1ccnc(Nc2ccc(I)cc2Cl)n1. The summed E-state index contributed by atoms with van der Waals surface area (Å²) < 4.78 is 1.06. The fourth-order valence-electron chi connectivity index (χ4n) is 1.27. The number of nitrogens with one attached hydrogen (secondary N) is 1. The molecule has 4 nitrogen and oxygen atoms in total. The van der Waals surface area contributed by atoms with Gasteiger partial charge >= 0.3 is 0 Å². The van der Waals surface area contributed by atoms with Gasteiger partial charge in [-0.25, -0.2) is 9.97 Å². The Hall–Kier alpha value is -0.990. The first-order valence-corrected chi connectivity index (χ1v) is 6.77. The summed E-state index contributed by atoms with van der Waals surface area (Å²) in [6.07, 6.45) is 1.59. The van der Waals surface area contributed by atoms with Crippen molar-refractivity contribution in [1.29, 1.82) is 0 Å². The van der Waals surface area contributed by atoms with E-state index >= 15 is 0 Å². The van der Waals surface area contributed by atoms with Crippen molar-refractivity contribution in [2.75, 3.05) is 5.32 Å². The molecule has 0 radical (unpaired) electrons. The zero-order valence-corrected chi connectivity index (χ0v) is 12.8. The van der Waals surface area contributed by atoms with Crippen LogP contribution < -0.4 is 11.1 Å². The standard InChI is InChI=1S/C11H8ClIN4S/c12-7-5-6(13)1-2-8(7)16-11-15-4-3-9(17-11)10(14)18/h1-5H,(H2,14,18)(H,15,16,17). The molecule has 0 saturated heterocycles. The van der Waals surface area contributed by atoms with Crippen molar-refractivity contribution in [3.8, 4) is 0 Å². The number of thiocarbonyl (C=S) groups is 1. The Bertz CT molecular complexity index is 605. The van der Waals surface area contributed by atoms with E-state index in [2.05, 4.69) is 37.9 Å². The van der Waals surface area contributed by atoms with Crippen molar-refractivity contribution in [3.05, 3.63) is 44.7 Å². The monoisotopic (exact) mass is 390 g/mol. The highest BCUT2D eigenvalue weighted by molar-refractivity contribution is 14.1. The fraction of sp³-hybridized carbons (Fsp3) is 0. The van der Waals surface area contributed by atoms with Crippen LogP contribution in [0.5, 0.6) is 0 Å². The second-order valence-electron chi connectivity index (χ2n) is 3.38. The molecule has 0 aliphatic heterocycles. The first-order chi connectivity index (χ1) is 8.56. The minimum Gasteiger partial charge on any atom is -0.388 e. The van der Waals surface area contributed by atoms with Gasteiger partial charge in [-0.3, -0.25) is 0 Å². The maximum atomic E-state index is 6.11. The molecule has 1 aromatic heterocycles. The summed E-state index contributed by atoms with van der Waals surface area (Å²) in [6.45, 7) is 0. The number of rotatable bonds is 3. The minimum absolute atomic E-state index is 0.231. The zero-order chi connectivity index (χ0) is 13.1. The molecule has 0 fully saturated rings. The number of hydrogen-bond acceptors (Lipinski definition) is 4. The van der Waals surface area contributed by atoms with Gasteiger partial charge in [-0.2, -0.15) is 0 Å². The van der Waals surface area contributed by atoms with Crippen LogP contribution in [0.15, 0.2) is 30.5 Å². The molecule has 0 aliphatic carbocycles. The van der Waals surface area contributed by atoms with Crippen molar-refractivity contribution in [1.82, 2.24) is 9.97 Å². The summed E-state index contributed by atoms with van der Waals surface area (Å²) in [5.74, 6) is 0.406. The molecule has 18 heavy (non-hydrogen) atoms. The van der Waals surface area contributed by atoms with Gasteiger partial charge in [0.1, 0.15) is 10.7 Å². The van der Waals surface area contributed by atoms with E-state index in [1.807, 2.05) is 18.2 Å². The predicted octanol–water partition coefficient (Wildman–Crippen LogP) is 3.11. The summed E-state index contributed by atoms with van der Waals surface area (Å²) in [7, 11) is 0. The molecule has 0 spiro atoms. The quantitative estimate of drug-likeness (QED) is 0.623. The van der Waals surface area contributed by atoms with E-state index in [4.69, 9.17) is 29.6 Å². The van der Waals surface area contributed by atoms with Gasteiger partial charge in [0.25, 0.3) is 0 Å². The third-order valence-corrected chi connectivity index (χ3v) is 3.28. The highest BCUT2D eigenvalue weighted by Crippen LogP contribution is 2.25. The van der Waals surface area contributed by atoms with Crippen molar-refractivity contribution >= 4 is 63.0 Å². The molecule has 1 heterocycles. The number of hydrogen-bond donors (Lipinski definition) is 2. The fourth-order valence-corrected chi connectivity index (χ4v) is 2.28. The van der Waals surface area contributed by atoms with E-state index in [-0.39, 0.29) is 4.99 Å². The number of nitrogens with zero attached hydrogens (tertiary/aromatic N) is 2. The first kappa shape index (κ1) is 13.4. The summed E-state index contributed by atoms with van der Waals surface area (Å²) in [5, 5.41) is 3.62. The molecule has 92 valence electrons. The number of anilines is 2. The van der Waals surface area contributed by atoms with Crippen molar-refractivity contribution in [2.45, 2.75) is 0 Å². The molecule has 2 aromatic rings. The van der Waals surface area contributed by atoms with Gasteiger partial charge in [0.05, 0.1) is 10.7 Å². The number of aromatic nitrogens is 2. The number of nitrogens with two attached hydrogens (primary N) is 1. The third-order valence-electron chi connectivity index (χ3n) is 2.09. The van der Waals surface area contributed by atoms with Gasteiger partial charge in [-0.1, -0.05) is 23.8 Å². The highest BCUT2D eigenvalue weighted by atomic mass is 127. The van der Waals surface area contributed by atoms with Crippen molar-refractivity contribution in [3.63, 3.8) is 0 Å². The molecule has 0 atom stereocenters. The predicted molar refractivity (Wildman–Crippen MR) is 85.4 cm³/mol. The van der Waals surface area contributed by atoms with Crippen LogP contribution in [0, 0.1) is 3.57 Å². The van der Waals surface area contributed by atoms with E-state index in [9.17, 15) is 0 Å². The maximum Gasteiger partial charge on any atom is 0.227 e. The Morgan fingerprint density at radius 1 is 1.39 bits per heavy atom. The van der Waals surface area contributed by atoms with Crippen LogP contribution in [0.25, 0.3) is 0 Å². The molecule has 3 N–H and O–H groups in total. The molecule has 0 bridgehead atoms. The van der Waals surface area contributed by atoms with Gasteiger partial charge < -0.3 is 11.1 Å². The molecule has 1 aromatic carbocycles. The van der Waals surface area contributed by atoms with Crippen LogP contribution in [0.3, 0.4) is 0 Å². The largest absolute Gasteiger partial charge is 0.388 e.